The van der Waals surface area contributed by atoms with E-state index in [0.29, 0.717) is 24.7 Å². The first-order valence-electron chi connectivity index (χ1n) is 9.70. The van der Waals surface area contributed by atoms with Gasteiger partial charge in [0.15, 0.2) is 0 Å². The van der Waals surface area contributed by atoms with Crippen LogP contribution < -0.4 is 16.8 Å². The molecule has 5 N–H and O–H groups in total. The van der Waals surface area contributed by atoms with Crippen molar-refractivity contribution in [3.63, 3.8) is 0 Å². The Hall–Kier alpha value is -2.15. The van der Waals surface area contributed by atoms with Crippen molar-refractivity contribution in [1.82, 2.24) is 15.2 Å². The number of likely N-dealkylation sites (N-methyl/N-ethyl adjacent to an activating group) is 1. The zero-order valence-corrected chi connectivity index (χ0v) is 16.7. The van der Waals surface area contributed by atoms with Crippen molar-refractivity contribution in [2.45, 2.75) is 57.5 Å². The zero-order chi connectivity index (χ0) is 20.0. The van der Waals surface area contributed by atoms with E-state index in [-0.39, 0.29) is 5.91 Å². The number of primary amides is 1. The van der Waals surface area contributed by atoms with Crippen LogP contribution in [0.5, 0.6) is 0 Å². The molecule has 1 aliphatic rings. The number of hydrogen-bond donors (Lipinski definition) is 3. The first-order valence-corrected chi connectivity index (χ1v) is 9.70. The van der Waals surface area contributed by atoms with Crippen LogP contribution in [-0.4, -0.2) is 41.3 Å². The van der Waals surface area contributed by atoms with Crippen LogP contribution >= 0.6 is 0 Å². The normalized spacial score (nSPS) is 18.7. The van der Waals surface area contributed by atoms with Crippen molar-refractivity contribution in [2.75, 3.05) is 19.8 Å². The second-order valence-electron chi connectivity index (χ2n) is 8.01. The van der Waals surface area contributed by atoms with Gasteiger partial charge in [0.25, 0.3) is 0 Å². The minimum absolute atomic E-state index is 0.146. The van der Waals surface area contributed by atoms with Gasteiger partial charge in [-0.15, -0.1) is 0 Å². The van der Waals surface area contributed by atoms with Gasteiger partial charge in [-0.3, -0.25) is 14.5 Å². The zero-order valence-electron chi connectivity index (χ0n) is 16.7. The lowest BCUT2D eigenvalue weighted by Crippen LogP contribution is -2.61. The summed E-state index contributed by atoms with van der Waals surface area (Å²) < 4.78 is 0. The average Bonchev–Trinajstić information content (AvgIpc) is 2.65. The molecule has 0 aliphatic heterocycles. The van der Waals surface area contributed by atoms with Crippen LogP contribution in [0.25, 0.3) is 0 Å². The SMILES string of the molecule is CN(C)C(C)(C(N)=O)[C@H](CC1CCCCC1)C(=O)NCc1ccc(N)nc1. The third-order valence-electron chi connectivity index (χ3n) is 6.03. The highest BCUT2D eigenvalue weighted by Gasteiger charge is 2.46. The molecule has 0 spiro atoms. The summed E-state index contributed by atoms with van der Waals surface area (Å²) in [5, 5.41) is 2.97. The molecule has 7 nitrogen and oxygen atoms in total. The van der Waals surface area contributed by atoms with Crippen molar-refractivity contribution < 1.29 is 9.59 Å². The molecular weight excluding hydrogens is 342 g/mol. The molecule has 2 amide bonds. The Morgan fingerprint density at radius 1 is 1.30 bits per heavy atom. The molecule has 7 heteroatoms. The van der Waals surface area contributed by atoms with Crippen molar-refractivity contribution >= 4 is 17.6 Å². The van der Waals surface area contributed by atoms with Crippen LogP contribution in [0, 0.1) is 11.8 Å². The van der Waals surface area contributed by atoms with Crippen LogP contribution in [0.4, 0.5) is 5.82 Å². The third kappa shape index (κ3) is 5.19. The number of carbonyl (C=O) groups excluding carboxylic acids is 2. The topological polar surface area (TPSA) is 114 Å². The maximum atomic E-state index is 13.1. The lowest BCUT2D eigenvalue weighted by Gasteiger charge is -2.41. The minimum atomic E-state index is -1.04. The third-order valence-corrected chi connectivity index (χ3v) is 6.03. The number of hydrogen-bond acceptors (Lipinski definition) is 5. The first kappa shape index (κ1) is 21.2. The molecule has 1 fully saturated rings. The number of nitrogens with one attached hydrogen (secondary N) is 1. The number of carbonyl (C=O) groups is 2. The maximum absolute atomic E-state index is 13.1. The average molecular weight is 376 g/mol. The van der Waals surface area contributed by atoms with Gasteiger partial charge in [0.1, 0.15) is 11.4 Å². The van der Waals surface area contributed by atoms with Crippen LogP contribution in [0.3, 0.4) is 0 Å². The first-order chi connectivity index (χ1) is 12.7. The number of nitrogen functional groups attached to an aromatic ring is 1. The van der Waals surface area contributed by atoms with Crippen LogP contribution in [-0.2, 0) is 16.1 Å². The Morgan fingerprint density at radius 3 is 2.48 bits per heavy atom. The lowest BCUT2D eigenvalue weighted by atomic mass is 9.74. The Kier molecular flexibility index (Phi) is 7.18. The molecule has 1 saturated carbocycles. The number of nitrogens with zero attached hydrogens (tertiary/aromatic N) is 2. The summed E-state index contributed by atoms with van der Waals surface area (Å²) in [6.45, 7) is 2.11. The molecule has 0 bridgehead atoms. The number of aromatic nitrogens is 1. The van der Waals surface area contributed by atoms with Gasteiger partial charge in [-0.25, -0.2) is 4.98 Å². The van der Waals surface area contributed by atoms with E-state index in [2.05, 4.69) is 10.3 Å². The van der Waals surface area contributed by atoms with Gasteiger partial charge in [0.05, 0.1) is 5.92 Å². The van der Waals surface area contributed by atoms with Crippen LogP contribution in [0.2, 0.25) is 0 Å². The lowest BCUT2D eigenvalue weighted by molar-refractivity contribution is -0.141. The van der Waals surface area contributed by atoms with E-state index in [0.717, 1.165) is 18.4 Å². The van der Waals surface area contributed by atoms with E-state index in [1.54, 1.807) is 38.2 Å². The van der Waals surface area contributed by atoms with Gasteiger partial charge in [-0.1, -0.05) is 38.2 Å². The van der Waals surface area contributed by atoms with Gasteiger partial charge in [0.2, 0.25) is 11.8 Å². The van der Waals surface area contributed by atoms with E-state index >= 15 is 0 Å². The Balaban J connectivity index is 2.17. The molecule has 0 saturated heterocycles. The number of nitrogens with two attached hydrogens (primary N) is 2. The monoisotopic (exact) mass is 375 g/mol. The van der Waals surface area contributed by atoms with Crippen LogP contribution in [0.1, 0.15) is 51.0 Å². The number of rotatable bonds is 8. The molecule has 2 rings (SSSR count). The van der Waals surface area contributed by atoms with Gasteiger partial charge >= 0.3 is 0 Å². The molecule has 27 heavy (non-hydrogen) atoms. The fraction of sp³-hybridized carbons (Fsp3) is 0.650. The van der Waals surface area contributed by atoms with E-state index in [4.69, 9.17) is 11.5 Å². The molecule has 1 unspecified atom stereocenters. The van der Waals surface area contributed by atoms with Crippen molar-refractivity contribution in [1.29, 1.82) is 0 Å². The van der Waals surface area contributed by atoms with E-state index in [9.17, 15) is 9.59 Å². The van der Waals surface area contributed by atoms with Crippen molar-refractivity contribution in [3.05, 3.63) is 23.9 Å². The largest absolute Gasteiger partial charge is 0.384 e. The van der Waals surface area contributed by atoms with Gasteiger partial charge < -0.3 is 16.8 Å². The summed E-state index contributed by atoms with van der Waals surface area (Å²) in [5.74, 6) is -0.236. The second kappa shape index (κ2) is 9.17. The van der Waals surface area contributed by atoms with E-state index in [1.165, 1.54) is 19.3 Å². The van der Waals surface area contributed by atoms with Crippen molar-refractivity contribution in [3.8, 4) is 0 Å². The van der Waals surface area contributed by atoms with Crippen LogP contribution in [0.15, 0.2) is 18.3 Å². The second-order valence-corrected chi connectivity index (χ2v) is 8.01. The molecule has 150 valence electrons. The van der Waals surface area contributed by atoms with E-state index < -0.39 is 17.4 Å². The van der Waals surface area contributed by atoms with Gasteiger partial charge in [-0.05, 0) is 45.0 Å². The minimum Gasteiger partial charge on any atom is -0.384 e. The summed E-state index contributed by atoms with van der Waals surface area (Å²) in [6, 6.07) is 3.53. The highest BCUT2D eigenvalue weighted by molar-refractivity contribution is 5.92. The highest BCUT2D eigenvalue weighted by Crippen LogP contribution is 2.35. The predicted octanol–water partition coefficient (Wildman–Crippen LogP) is 1.67. The Labute approximate surface area is 161 Å². The summed E-state index contributed by atoms with van der Waals surface area (Å²) in [5.41, 5.74) is 11.2. The molecule has 2 atom stereocenters. The maximum Gasteiger partial charge on any atom is 0.238 e. The predicted molar refractivity (Wildman–Crippen MR) is 106 cm³/mol. The van der Waals surface area contributed by atoms with E-state index in [1.807, 2.05) is 6.07 Å². The molecule has 0 radical (unpaired) electrons. The number of anilines is 1. The Bertz CT molecular complexity index is 640. The number of amides is 2. The smallest absolute Gasteiger partial charge is 0.238 e. The summed E-state index contributed by atoms with van der Waals surface area (Å²) in [4.78, 5) is 31.3. The molecule has 1 heterocycles. The molecule has 0 aromatic carbocycles. The molecule has 1 aromatic rings. The van der Waals surface area contributed by atoms with Gasteiger partial charge in [-0.2, -0.15) is 0 Å². The standard InChI is InChI=1S/C20H33N5O2/c1-20(19(22)27,25(2)3)16(11-14-7-5-4-6-8-14)18(26)24-13-15-9-10-17(21)23-12-15/h9-10,12,14,16H,4-8,11,13H2,1-3H3,(H2,21,23)(H2,22,27)(H,24,26)/t16-,20?/m1/s1. The fourth-order valence-electron chi connectivity index (χ4n) is 3.90. The summed E-state index contributed by atoms with van der Waals surface area (Å²) >= 11 is 0. The number of pyridine rings is 1. The molecule has 1 aromatic heterocycles. The molecular formula is C20H33N5O2. The molecule has 1 aliphatic carbocycles. The highest BCUT2D eigenvalue weighted by atomic mass is 16.2. The summed E-state index contributed by atoms with van der Waals surface area (Å²) in [7, 11) is 3.60. The van der Waals surface area contributed by atoms with Gasteiger partial charge in [0, 0.05) is 12.7 Å². The summed E-state index contributed by atoms with van der Waals surface area (Å²) in [6.07, 6.45) is 8.14. The van der Waals surface area contributed by atoms with Crippen molar-refractivity contribution in [2.24, 2.45) is 17.6 Å². The Morgan fingerprint density at radius 2 is 1.96 bits per heavy atom. The fourth-order valence-corrected chi connectivity index (χ4v) is 3.90. The quantitative estimate of drug-likeness (QED) is 0.639.